The Morgan fingerprint density at radius 1 is 1.17 bits per heavy atom. The van der Waals surface area contributed by atoms with Gasteiger partial charge in [0.05, 0.1) is 6.54 Å². The number of rotatable bonds is 8. The summed E-state index contributed by atoms with van der Waals surface area (Å²) in [6.07, 6.45) is 2.03. The summed E-state index contributed by atoms with van der Waals surface area (Å²) in [5, 5.41) is 6.19. The zero-order valence-corrected chi connectivity index (χ0v) is 17.0. The molecule has 0 atom stereocenters. The maximum Gasteiger partial charge on any atom is 0.227 e. The van der Waals surface area contributed by atoms with Crippen LogP contribution in [0.15, 0.2) is 47.5 Å². The van der Waals surface area contributed by atoms with Gasteiger partial charge in [-0.1, -0.05) is 18.2 Å². The topological polar surface area (TPSA) is 66.0 Å². The average molecular weight is 416 g/mol. The summed E-state index contributed by atoms with van der Waals surface area (Å²) in [5.74, 6) is -0.683. The van der Waals surface area contributed by atoms with Crippen molar-refractivity contribution in [1.29, 1.82) is 0 Å². The third-order valence-electron chi connectivity index (χ3n) is 4.82. The molecule has 0 spiro atoms. The minimum atomic E-state index is -0.734. The number of hydrogen-bond donors (Lipinski definition) is 2. The van der Waals surface area contributed by atoms with Crippen molar-refractivity contribution in [2.45, 2.75) is 19.3 Å². The monoisotopic (exact) mass is 416 g/mol. The van der Waals surface area contributed by atoms with Crippen LogP contribution in [0.5, 0.6) is 5.75 Å². The van der Waals surface area contributed by atoms with Gasteiger partial charge in [0.25, 0.3) is 0 Å². The molecular formula is C22H26F2N4O2. The van der Waals surface area contributed by atoms with Gasteiger partial charge in [0.1, 0.15) is 12.4 Å². The molecule has 0 aromatic heterocycles. The van der Waals surface area contributed by atoms with Gasteiger partial charge in [0.15, 0.2) is 17.5 Å². The predicted molar refractivity (Wildman–Crippen MR) is 113 cm³/mol. The molecule has 2 N–H and O–H groups in total. The van der Waals surface area contributed by atoms with Crippen LogP contribution in [0.2, 0.25) is 0 Å². The van der Waals surface area contributed by atoms with Crippen LogP contribution in [0, 0.1) is 11.6 Å². The summed E-state index contributed by atoms with van der Waals surface area (Å²) >= 11 is 0. The van der Waals surface area contributed by atoms with Gasteiger partial charge in [-0.3, -0.25) is 9.79 Å². The summed E-state index contributed by atoms with van der Waals surface area (Å²) in [6, 6.07) is 11.2. The van der Waals surface area contributed by atoms with Crippen LogP contribution in [0.4, 0.5) is 14.5 Å². The van der Waals surface area contributed by atoms with Crippen LogP contribution >= 0.6 is 0 Å². The van der Waals surface area contributed by atoms with Gasteiger partial charge >= 0.3 is 0 Å². The highest BCUT2D eigenvalue weighted by atomic mass is 19.1. The molecule has 2 aromatic rings. The second-order valence-corrected chi connectivity index (χ2v) is 6.88. The van der Waals surface area contributed by atoms with Gasteiger partial charge in [0.2, 0.25) is 5.91 Å². The zero-order valence-electron chi connectivity index (χ0n) is 17.0. The summed E-state index contributed by atoms with van der Waals surface area (Å²) in [5.41, 5.74) is 2.24. The number of hydrogen-bond acceptors (Lipinski definition) is 3. The Morgan fingerprint density at radius 2 is 1.97 bits per heavy atom. The number of nitrogens with one attached hydrogen (secondary N) is 2. The van der Waals surface area contributed by atoms with Crippen molar-refractivity contribution in [2.24, 2.45) is 4.99 Å². The Kier molecular flexibility index (Phi) is 7.59. The number of benzene rings is 2. The molecule has 1 aliphatic heterocycles. The lowest BCUT2D eigenvalue weighted by molar-refractivity contribution is -0.118. The lowest BCUT2D eigenvalue weighted by Gasteiger charge is -2.17. The molecule has 0 saturated heterocycles. The van der Waals surface area contributed by atoms with Crippen molar-refractivity contribution in [3.05, 3.63) is 59.7 Å². The molecule has 0 aliphatic carbocycles. The van der Waals surface area contributed by atoms with Crippen LogP contribution in [0.3, 0.4) is 0 Å². The van der Waals surface area contributed by atoms with E-state index in [4.69, 9.17) is 4.74 Å². The number of anilines is 1. The van der Waals surface area contributed by atoms with E-state index < -0.39 is 11.6 Å². The third kappa shape index (κ3) is 5.68. The SMILES string of the molecule is CN=C(NCCCC(=O)N1CCc2ccccc21)NCCOc1ccc(F)cc1F. The molecule has 1 heterocycles. The maximum atomic E-state index is 13.5. The lowest BCUT2D eigenvalue weighted by Crippen LogP contribution is -2.40. The first-order valence-corrected chi connectivity index (χ1v) is 9.99. The number of nitrogens with zero attached hydrogens (tertiary/aromatic N) is 2. The van der Waals surface area contributed by atoms with Crippen LogP contribution in [0.1, 0.15) is 18.4 Å². The van der Waals surface area contributed by atoms with Gasteiger partial charge in [-0.15, -0.1) is 0 Å². The van der Waals surface area contributed by atoms with Crippen LogP contribution < -0.4 is 20.3 Å². The highest BCUT2D eigenvalue weighted by Gasteiger charge is 2.23. The Bertz CT molecular complexity index is 904. The Morgan fingerprint density at radius 3 is 2.77 bits per heavy atom. The highest BCUT2D eigenvalue weighted by molar-refractivity contribution is 5.95. The van der Waals surface area contributed by atoms with Gasteiger partial charge in [-0.2, -0.15) is 0 Å². The molecule has 0 bridgehead atoms. The summed E-state index contributed by atoms with van der Waals surface area (Å²) in [4.78, 5) is 18.5. The zero-order chi connectivity index (χ0) is 21.3. The fourth-order valence-electron chi connectivity index (χ4n) is 3.32. The summed E-state index contributed by atoms with van der Waals surface area (Å²) < 4.78 is 31.7. The number of carbonyl (C=O) groups is 1. The number of fused-ring (bicyclic) bond motifs is 1. The van der Waals surface area contributed by atoms with E-state index in [-0.39, 0.29) is 18.3 Å². The van der Waals surface area contributed by atoms with Crippen molar-refractivity contribution in [1.82, 2.24) is 10.6 Å². The van der Waals surface area contributed by atoms with Crippen molar-refractivity contribution in [2.75, 3.05) is 38.2 Å². The van der Waals surface area contributed by atoms with Crippen LogP contribution in [-0.2, 0) is 11.2 Å². The lowest BCUT2D eigenvalue weighted by atomic mass is 10.2. The minimum Gasteiger partial charge on any atom is -0.489 e. The van der Waals surface area contributed by atoms with E-state index in [0.29, 0.717) is 31.9 Å². The first-order valence-electron chi connectivity index (χ1n) is 9.99. The molecule has 30 heavy (non-hydrogen) atoms. The van der Waals surface area contributed by atoms with Gasteiger partial charge in [-0.05, 0) is 36.6 Å². The molecule has 1 amide bonds. The van der Waals surface area contributed by atoms with Gasteiger partial charge in [0, 0.05) is 38.3 Å². The van der Waals surface area contributed by atoms with Crippen molar-refractivity contribution in [3.8, 4) is 5.75 Å². The number of para-hydroxylation sites is 1. The number of aliphatic imine (C=N–C) groups is 1. The molecule has 8 heteroatoms. The summed E-state index contributed by atoms with van der Waals surface area (Å²) in [7, 11) is 1.64. The Labute approximate surface area is 174 Å². The highest BCUT2D eigenvalue weighted by Crippen LogP contribution is 2.27. The number of halogens is 2. The Hall–Kier alpha value is -3.16. The van der Waals surface area contributed by atoms with E-state index in [2.05, 4.69) is 21.7 Å². The van der Waals surface area contributed by atoms with E-state index in [9.17, 15) is 13.6 Å². The van der Waals surface area contributed by atoms with E-state index in [1.54, 1.807) is 7.05 Å². The third-order valence-corrected chi connectivity index (χ3v) is 4.82. The fourth-order valence-corrected chi connectivity index (χ4v) is 3.32. The molecule has 2 aromatic carbocycles. The van der Waals surface area contributed by atoms with Gasteiger partial charge < -0.3 is 20.3 Å². The maximum absolute atomic E-state index is 13.5. The van der Waals surface area contributed by atoms with Crippen LogP contribution in [0.25, 0.3) is 0 Å². The first-order chi connectivity index (χ1) is 14.6. The number of guanidine groups is 1. The average Bonchev–Trinajstić information content (AvgIpc) is 3.18. The normalized spacial score (nSPS) is 13.2. The van der Waals surface area contributed by atoms with Crippen LogP contribution in [-0.4, -0.2) is 45.2 Å². The number of ether oxygens (including phenoxy) is 1. The van der Waals surface area contributed by atoms with Crippen molar-refractivity contribution >= 4 is 17.6 Å². The summed E-state index contributed by atoms with van der Waals surface area (Å²) in [6.45, 7) is 1.91. The van der Waals surface area contributed by atoms with Gasteiger partial charge in [-0.25, -0.2) is 8.78 Å². The standard InChI is InChI=1S/C22H26F2N4O2/c1-25-22(27-12-14-30-20-9-8-17(23)15-18(20)24)26-11-4-7-21(29)28-13-10-16-5-2-3-6-19(16)28/h2-3,5-6,8-9,15H,4,7,10-14H2,1H3,(H2,25,26,27). The van der Waals surface area contributed by atoms with E-state index in [0.717, 1.165) is 30.8 Å². The molecule has 0 saturated carbocycles. The van der Waals surface area contributed by atoms with E-state index in [1.165, 1.54) is 11.6 Å². The minimum absolute atomic E-state index is 0.00291. The Balaban J connectivity index is 1.32. The number of amides is 1. The molecule has 160 valence electrons. The molecule has 6 nitrogen and oxygen atoms in total. The molecule has 1 aliphatic rings. The largest absolute Gasteiger partial charge is 0.489 e. The fraction of sp³-hybridized carbons (Fsp3) is 0.364. The quantitative estimate of drug-likeness (QED) is 0.395. The predicted octanol–water partition coefficient (Wildman–Crippen LogP) is 2.88. The molecule has 0 unspecified atom stereocenters. The molecular weight excluding hydrogens is 390 g/mol. The molecule has 0 fully saturated rings. The van der Waals surface area contributed by atoms with E-state index >= 15 is 0 Å². The first kappa shape index (κ1) is 21.5. The number of carbonyl (C=O) groups excluding carboxylic acids is 1. The second-order valence-electron chi connectivity index (χ2n) is 6.88. The van der Waals surface area contributed by atoms with E-state index in [1.807, 2.05) is 23.1 Å². The van der Waals surface area contributed by atoms with Crippen molar-refractivity contribution < 1.29 is 18.3 Å². The van der Waals surface area contributed by atoms with Crippen molar-refractivity contribution in [3.63, 3.8) is 0 Å². The molecule has 3 rings (SSSR count). The molecule has 0 radical (unpaired) electrons. The second kappa shape index (κ2) is 10.6. The smallest absolute Gasteiger partial charge is 0.227 e.